The van der Waals surface area contributed by atoms with E-state index in [1.165, 1.54) is 22.3 Å². The maximum Gasteiger partial charge on any atom is 0.333 e. The van der Waals surface area contributed by atoms with Crippen LogP contribution in [0.4, 0.5) is 34.1 Å². The van der Waals surface area contributed by atoms with Gasteiger partial charge in [-0.15, -0.1) is 0 Å². The summed E-state index contributed by atoms with van der Waals surface area (Å²) in [7, 11) is 0. The molecule has 0 atom stereocenters. The number of ether oxygens (including phenoxy) is 2. The van der Waals surface area contributed by atoms with Crippen molar-refractivity contribution in [1.29, 1.82) is 0 Å². The Balaban J connectivity index is 1.22. The van der Waals surface area contributed by atoms with E-state index in [0.29, 0.717) is 24.4 Å². The number of hydrogen-bond donors (Lipinski definition) is 0. The first-order valence-electron chi connectivity index (χ1n) is 19.8. The molecule has 0 radical (unpaired) electrons. The van der Waals surface area contributed by atoms with Gasteiger partial charge in [-0.05, 0) is 148 Å². The van der Waals surface area contributed by atoms with Crippen LogP contribution < -0.4 is 9.80 Å². The zero-order valence-corrected chi connectivity index (χ0v) is 34.0. The van der Waals surface area contributed by atoms with Crippen molar-refractivity contribution in [2.24, 2.45) is 0 Å². The van der Waals surface area contributed by atoms with Crippen LogP contribution >= 0.6 is 0 Å². The fourth-order valence-electron chi connectivity index (χ4n) is 6.64. The summed E-state index contributed by atoms with van der Waals surface area (Å²) in [6.07, 6.45) is 3.05. The second kappa shape index (κ2) is 19.5. The molecule has 58 heavy (non-hydrogen) atoms. The Morgan fingerprint density at radius 1 is 0.431 bits per heavy atom. The number of benzene rings is 6. The molecule has 0 saturated heterocycles. The van der Waals surface area contributed by atoms with Crippen molar-refractivity contribution in [1.82, 2.24) is 0 Å². The highest BCUT2D eigenvalue weighted by atomic mass is 16.5. The van der Waals surface area contributed by atoms with Crippen LogP contribution in [0.2, 0.25) is 0 Å². The van der Waals surface area contributed by atoms with Gasteiger partial charge in [0.15, 0.2) is 0 Å². The molecule has 294 valence electrons. The van der Waals surface area contributed by atoms with Gasteiger partial charge >= 0.3 is 11.9 Å². The van der Waals surface area contributed by atoms with Gasteiger partial charge in [0.25, 0.3) is 0 Å². The fourth-order valence-corrected chi connectivity index (χ4v) is 6.64. The average Bonchev–Trinajstić information content (AvgIpc) is 3.24. The highest BCUT2D eigenvalue weighted by Crippen LogP contribution is 2.38. The zero-order valence-electron chi connectivity index (χ0n) is 34.0. The summed E-state index contributed by atoms with van der Waals surface area (Å²) in [4.78, 5) is 28.1. The third-order valence-electron chi connectivity index (χ3n) is 9.94. The largest absolute Gasteiger partial charge is 0.462 e. The lowest BCUT2D eigenvalue weighted by atomic mass is 10.0. The van der Waals surface area contributed by atoms with E-state index in [-0.39, 0.29) is 11.9 Å². The van der Waals surface area contributed by atoms with Crippen LogP contribution in [-0.2, 0) is 31.9 Å². The molecule has 6 rings (SSSR count). The van der Waals surface area contributed by atoms with Gasteiger partial charge in [0.05, 0.1) is 13.2 Å². The molecule has 0 aliphatic carbocycles. The lowest BCUT2D eigenvalue weighted by Gasteiger charge is -2.26. The van der Waals surface area contributed by atoms with E-state index in [1.807, 2.05) is 0 Å². The minimum atomic E-state index is -0.353. The summed E-state index contributed by atoms with van der Waals surface area (Å²) in [6, 6.07) is 51.8. The monoisotopic (exact) mass is 768 g/mol. The summed E-state index contributed by atoms with van der Waals surface area (Å²) in [5.41, 5.74) is 14.3. The molecule has 0 amide bonds. The van der Waals surface area contributed by atoms with Crippen LogP contribution in [0, 0.1) is 13.8 Å². The third kappa shape index (κ3) is 10.8. The lowest BCUT2D eigenvalue weighted by molar-refractivity contribution is -0.139. The first kappa shape index (κ1) is 41.0. The van der Waals surface area contributed by atoms with E-state index in [0.717, 1.165) is 70.9 Å². The topological polar surface area (TPSA) is 59.1 Å². The number of aryl methyl sites for hydroxylation is 4. The third-order valence-corrected chi connectivity index (χ3v) is 9.94. The molecule has 6 aromatic rings. The molecular formula is C52H52N2O4. The molecule has 0 bridgehead atoms. The van der Waals surface area contributed by atoms with Crippen molar-refractivity contribution in [2.75, 3.05) is 23.0 Å². The molecule has 0 aliphatic rings. The molecule has 0 unspecified atom stereocenters. The van der Waals surface area contributed by atoms with E-state index in [2.05, 4.69) is 182 Å². The number of nitrogens with zero attached hydrogens (tertiary/aromatic N) is 2. The molecule has 0 heterocycles. The Morgan fingerprint density at radius 2 is 0.690 bits per heavy atom. The predicted octanol–water partition coefficient (Wildman–Crippen LogP) is 13.0. The number of carbonyl (C=O) groups is 2. The maximum atomic E-state index is 11.8. The molecule has 0 aromatic heterocycles. The van der Waals surface area contributed by atoms with Gasteiger partial charge in [0, 0.05) is 45.3 Å². The molecular weight excluding hydrogens is 717 g/mol. The van der Waals surface area contributed by atoms with Gasteiger partial charge in [0.2, 0.25) is 0 Å². The first-order chi connectivity index (χ1) is 28.0. The van der Waals surface area contributed by atoms with Crippen molar-refractivity contribution >= 4 is 46.1 Å². The van der Waals surface area contributed by atoms with Crippen molar-refractivity contribution in [3.8, 4) is 11.1 Å². The smallest absolute Gasteiger partial charge is 0.333 e. The van der Waals surface area contributed by atoms with Crippen molar-refractivity contribution in [2.45, 2.75) is 53.4 Å². The summed E-state index contributed by atoms with van der Waals surface area (Å²) in [5, 5.41) is 0. The second-order valence-corrected chi connectivity index (χ2v) is 14.8. The summed E-state index contributed by atoms with van der Waals surface area (Å²) < 4.78 is 10.6. The van der Waals surface area contributed by atoms with Gasteiger partial charge in [-0.2, -0.15) is 0 Å². The molecule has 0 spiro atoms. The number of anilines is 6. The number of rotatable bonds is 17. The Morgan fingerprint density at radius 3 is 0.966 bits per heavy atom. The Kier molecular flexibility index (Phi) is 13.8. The van der Waals surface area contributed by atoms with Gasteiger partial charge in [-0.3, -0.25) is 0 Å². The standard InChI is InChI=1S/C52H52N2O4/c1-37(2)51(55)57-35-7-9-41-15-27-47(28-16-41)54(48-29-17-42(18-30-48)10-8-36-58-52(56)38(3)4)50-33-21-44(22-34-50)43-19-31-49(32-20-43)53(45-23-11-39(5)12-24-45)46-25-13-40(6)14-26-46/h11-34H,1,3,7-10,35-36H2,2,4-6H3. The van der Waals surface area contributed by atoms with E-state index in [1.54, 1.807) is 13.8 Å². The van der Waals surface area contributed by atoms with Gasteiger partial charge in [-0.25, -0.2) is 9.59 Å². The molecule has 6 nitrogen and oxygen atoms in total. The quantitative estimate of drug-likeness (QED) is 0.0523. The zero-order chi connectivity index (χ0) is 41.0. The number of carbonyl (C=O) groups excluding carboxylic acids is 2. The molecule has 0 aliphatic heterocycles. The van der Waals surface area contributed by atoms with Crippen LogP contribution in [0.15, 0.2) is 170 Å². The number of esters is 2. The van der Waals surface area contributed by atoms with Crippen LogP contribution in [0.1, 0.15) is 48.9 Å². The average molecular weight is 769 g/mol. The Hall–Kier alpha value is -6.66. The van der Waals surface area contributed by atoms with Crippen LogP contribution in [0.5, 0.6) is 0 Å². The summed E-state index contributed by atoms with van der Waals surface area (Å²) in [6.45, 7) is 15.6. The van der Waals surface area contributed by atoms with Crippen molar-refractivity contribution in [3.63, 3.8) is 0 Å². The predicted molar refractivity (Wildman–Crippen MR) is 239 cm³/mol. The molecule has 0 N–H and O–H groups in total. The lowest BCUT2D eigenvalue weighted by Crippen LogP contribution is -2.10. The first-order valence-corrected chi connectivity index (χ1v) is 19.8. The van der Waals surface area contributed by atoms with Crippen LogP contribution in [0.3, 0.4) is 0 Å². The minimum Gasteiger partial charge on any atom is -0.462 e. The van der Waals surface area contributed by atoms with Crippen molar-refractivity contribution in [3.05, 3.63) is 192 Å². The van der Waals surface area contributed by atoms with E-state index in [9.17, 15) is 9.59 Å². The van der Waals surface area contributed by atoms with E-state index < -0.39 is 0 Å². The molecule has 0 fully saturated rings. The highest BCUT2D eigenvalue weighted by Gasteiger charge is 2.16. The fraction of sp³-hybridized carbons (Fsp3) is 0.192. The molecule has 6 aromatic carbocycles. The second-order valence-electron chi connectivity index (χ2n) is 14.8. The van der Waals surface area contributed by atoms with Crippen LogP contribution in [0.25, 0.3) is 11.1 Å². The molecule has 6 heteroatoms. The van der Waals surface area contributed by atoms with Crippen molar-refractivity contribution < 1.29 is 19.1 Å². The maximum absolute atomic E-state index is 11.8. The summed E-state index contributed by atoms with van der Waals surface area (Å²) in [5.74, 6) is -0.705. The Labute approximate surface area is 343 Å². The highest BCUT2D eigenvalue weighted by molar-refractivity contribution is 5.87. The van der Waals surface area contributed by atoms with E-state index >= 15 is 0 Å². The van der Waals surface area contributed by atoms with Gasteiger partial charge in [0.1, 0.15) is 0 Å². The number of hydrogen-bond acceptors (Lipinski definition) is 6. The molecule has 0 saturated carbocycles. The Bertz CT molecular complexity index is 2190. The summed E-state index contributed by atoms with van der Waals surface area (Å²) >= 11 is 0. The SMILES string of the molecule is C=C(C)C(=O)OCCCc1ccc(N(c2ccc(CCCOC(=O)C(=C)C)cc2)c2ccc(-c3ccc(N(c4ccc(C)cc4)c4ccc(C)cc4)cc3)cc2)cc1. The van der Waals surface area contributed by atoms with E-state index in [4.69, 9.17) is 9.47 Å². The van der Waals surface area contributed by atoms with Crippen LogP contribution in [-0.4, -0.2) is 25.2 Å². The van der Waals surface area contributed by atoms with Gasteiger partial charge < -0.3 is 19.3 Å². The normalized spacial score (nSPS) is 10.8. The van der Waals surface area contributed by atoms with Gasteiger partial charge in [-0.1, -0.05) is 97.1 Å². The minimum absolute atomic E-state index is 0.353.